The number of fused-ring (bicyclic) bond motifs is 1. The van der Waals surface area contributed by atoms with Crippen molar-refractivity contribution in [1.29, 1.82) is 0 Å². The summed E-state index contributed by atoms with van der Waals surface area (Å²) in [4.78, 5) is 13.6. The third-order valence-corrected chi connectivity index (χ3v) is 5.57. The molecule has 1 amide bonds. The zero-order valence-corrected chi connectivity index (χ0v) is 17.7. The first-order valence-electron chi connectivity index (χ1n) is 9.99. The van der Waals surface area contributed by atoms with Gasteiger partial charge in [-0.3, -0.25) is 4.79 Å². The van der Waals surface area contributed by atoms with E-state index in [-0.39, 0.29) is 24.6 Å². The van der Waals surface area contributed by atoms with Crippen molar-refractivity contribution in [2.75, 3.05) is 34.5 Å². The number of methoxy groups -OCH3 is 3. The van der Waals surface area contributed by atoms with Crippen LogP contribution in [-0.2, 0) is 22.5 Å². The predicted molar refractivity (Wildman–Crippen MR) is 111 cm³/mol. The number of quaternary nitrogens is 1. The van der Waals surface area contributed by atoms with Crippen LogP contribution >= 0.6 is 0 Å². The maximum absolute atomic E-state index is 12.2. The Hall–Kier alpha value is -2.57. The summed E-state index contributed by atoms with van der Waals surface area (Å²) in [5.74, 6) is 1.35. The van der Waals surface area contributed by atoms with Gasteiger partial charge < -0.3 is 24.4 Å². The Balaban J connectivity index is 1.96. The van der Waals surface area contributed by atoms with E-state index in [0.717, 1.165) is 25.3 Å². The first kappa shape index (κ1) is 21.1. The van der Waals surface area contributed by atoms with Crippen LogP contribution in [0.1, 0.15) is 29.7 Å². The van der Waals surface area contributed by atoms with Crippen molar-refractivity contribution in [2.24, 2.45) is 0 Å². The average Bonchev–Trinajstić information content (AvgIpc) is 2.73. The van der Waals surface area contributed by atoms with Crippen molar-refractivity contribution >= 4 is 5.91 Å². The summed E-state index contributed by atoms with van der Waals surface area (Å²) in [5.41, 5.74) is 3.73. The highest BCUT2D eigenvalue weighted by atomic mass is 16.5. The Morgan fingerprint density at radius 3 is 2.48 bits per heavy atom. The number of carbonyl (C=O) groups excluding carboxylic acids is 1. The third-order valence-electron chi connectivity index (χ3n) is 5.57. The summed E-state index contributed by atoms with van der Waals surface area (Å²) in [6, 6.07) is 14.7. The van der Waals surface area contributed by atoms with E-state index < -0.39 is 0 Å². The van der Waals surface area contributed by atoms with Crippen molar-refractivity contribution in [3.8, 4) is 11.5 Å². The normalized spacial score (nSPS) is 19.2. The quantitative estimate of drug-likeness (QED) is 0.707. The van der Waals surface area contributed by atoms with Gasteiger partial charge in [-0.1, -0.05) is 30.3 Å². The minimum atomic E-state index is -0.105. The van der Waals surface area contributed by atoms with E-state index in [9.17, 15) is 4.79 Å². The molecule has 0 saturated carbocycles. The number of benzene rings is 2. The average molecular weight is 400 g/mol. The first-order chi connectivity index (χ1) is 14.1. The van der Waals surface area contributed by atoms with Crippen LogP contribution in [0.5, 0.6) is 11.5 Å². The van der Waals surface area contributed by atoms with Gasteiger partial charge >= 0.3 is 0 Å². The molecule has 6 heteroatoms. The molecule has 0 spiro atoms. The number of ether oxygens (including phenoxy) is 3. The Morgan fingerprint density at radius 2 is 1.83 bits per heavy atom. The lowest BCUT2D eigenvalue weighted by atomic mass is 9.87. The molecule has 2 aromatic rings. The van der Waals surface area contributed by atoms with Crippen molar-refractivity contribution in [3.63, 3.8) is 0 Å². The third kappa shape index (κ3) is 4.89. The van der Waals surface area contributed by atoms with Gasteiger partial charge in [-0.15, -0.1) is 0 Å². The Morgan fingerprint density at radius 1 is 1.14 bits per heavy atom. The van der Waals surface area contributed by atoms with E-state index in [4.69, 9.17) is 14.2 Å². The molecule has 2 aromatic carbocycles. The molecule has 0 fully saturated rings. The first-order valence-corrected chi connectivity index (χ1v) is 9.99. The maximum Gasteiger partial charge on any atom is 0.246 e. The summed E-state index contributed by atoms with van der Waals surface area (Å²) in [6.45, 7) is 4.00. The molecule has 3 atom stereocenters. The van der Waals surface area contributed by atoms with Gasteiger partial charge in [0, 0.05) is 24.7 Å². The van der Waals surface area contributed by atoms with Gasteiger partial charge in [-0.2, -0.15) is 0 Å². The second-order valence-electron chi connectivity index (χ2n) is 7.49. The van der Waals surface area contributed by atoms with Gasteiger partial charge in [0.1, 0.15) is 19.2 Å². The van der Waals surface area contributed by atoms with E-state index in [1.54, 1.807) is 14.2 Å². The minimum absolute atomic E-state index is 0.0594. The lowest BCUT2D eigenvalue weighted by Crippen LogP contribution is -3.13. The Kier molecular flexibility index (Phi) is 7.12. The fourth-order valence-corrected chi connectivity index (χ4v) is 4.30. The van der Waals surface area contributed by atoms with Gasteiger partial charge in [0.25, 0.3) is 0 Å². The molecular weight excluding hydrogens is 368 g/mol. The van der Waals surface area contributed by atoms with E-state index in [1.165, 1.54) is 28.7 Å². The van der Waals surface area contributed by atoms with Crippen molar-refractivity contribution in [1.82, 2.24) is 5.32 Å². The smallest absolute Gasteiger partial charge is 0.246 e. The summed E-state index contributed by atoms with van der Waals surface area (Å²) in [5, 5.41) is 3.12. The molecule has 1 unspecified atom stereocenters. The predicted octanol–water partition coefficient (Wildman–Crippen LogP) is 1.54. The highest BCUT2D eigenvalue weighted by Gasteiger charge is 2.37. The van der Waals surface area contributed by atoms with Crippen molar-refractivity contribution in [2.45, 2.75) is 32.0 Å². The van der Waals surface area contributed by atoms with Gasteiger partial charge in [0.2, 0.25) is 5.91 Å². The van der Waals surface area contributed by atoms with Crippen LogP contribution in [0.25, 0.3) is 0 Å². The molecule has 0 bridgehead atoms. The maximum atomic E-state index is 12.2. The molecule has 2 N–H and O–H groups in total. The van der Waals surface area contributed by atoms with Crippen LogP contribution in [0.3, 0.4) is 0 Å². The summed E-state index contributed by atoms with van der Waals surface area (Å²) in [7, 11) is 4.84. The second-order valence-corrected chi connectivity index (χ2v) is 7.49. The topological polar surface area (TPSA) is 61.2 Å². The molecular formula is C23H31N2O4+. The molecule has 1 aliphatic heterocycles. The number of carbonyl (C=O) groups is 1. The Labute approximate surface area is 172 Å². The van der Waals surface area contributed by atoms with E-state index in [2.05, 4.69) is 48.6 Å². The van der Waals surface area contributed by atoms with Crippen LogP contribution in [0.15, 0.2) is 42.5 Å². The Bertz CT molecular complexity index is 825. The number of amides is 1. The molecule has 156 valence electrons. The summed E-state index contributed by atoms with van der Waals surface area (Å²) in [6.07, 6.45) is 0.951. The van der Waals surface area contributed by atoms with Crippen molar-refractivity contribution in [3.05, 3.63) is 59.2 Å². The monoisotopic (exact) mass is 399 g/mol. The number of hydrogen-bond acceptors (Lipinski definition) is 4. The second kappa shape index (κ2) is 9.76. The van der Waals surface area contributed by atoms with E-state index >= 15 is 0 Å². The molecule has 0 saturated heterocycles. The zero-order valence-electron chi connectivity index (χ0n) is 17.7. The van der Waals surface area contributed by atoms with Crippen LogP contribution in [0.4, 0.5) is 0 Å². The molecule has 0 radical (unpaired) electrons. The van der Waals surface area contributed by atoms with E-state index in [0.29, 0.717) is 5.75 Å². The lowest BCUT2D eigenvalue weighted by molar-refractivity contribution is -0.948. The minimum Gasteiger partial charge on any atom is -0.493 e. The van der Waals surface area contributed by atoms with Crippen LogP contribution in [0.2, 0.25) is 0 Å². The number of hydrogen-bond donors (Lipinski definition) is 2. The summed E-state index contributed by atoms with van der Waals surface area (Å²) >= 11 is 0. The highest BCUT2D eigenvalue weighted by molar-refractivity contribution is 5.77. The van der Waals surface area contributed by atoms with Gasteiger partial charge in [-0.25, -0.2) is 0 Å². The van der Waals surface area contributed by atoms with Crippen molar-refractivity contribution < 1.29 is 23.9 Å². The molecule has 29 heavy (non-hydrogen) atoms. The SMILES string of the molecule is COCC(=O)N[C@H](C)[C@H]1c2cc(OC)c(OC)cc2CC[NH+]1Cc1ccccc1. The molecule has 6 nitrogen and oxygen atoms in total. The fourth-order valence-electron chi connectivity index (χ4n) is 4.30. The van der Waals surface area contributed by atoms with Gasteiger partial charge in [-0.05, 0) is 24.6 Å². The molecule has 0 aliphatic carbocycles. The standard InChI is InChI=1S/C23H30N2O4/c1-16(24-22(26)15-27-2)23-19-13-21(29-4)20(28-3)12-18(19)10-11-25(23)14-17-8-6-5-7-9-17/h5-9,12-13,16,23H,10-11,14-15H2,1-4H3,(H,24,26)/p+1/t16-,23+/m1/s1. The molecule has 1 heterocycles. The molecule has 0 aromatic heterocycles. The van der Waals surface area contributed by atoms with Crippen LogP contribution in [-0.4, -0.2) is 46.4 Å². The molecule has 1 aliphatic rings. The number of nitrogens with one attached hydrogen (secondary N) is 2. The molecule has 3 rings (SSSR count). The fraction of sp³-hybridized carbons (Fsp3) is 0.435. The van der Waals surface area contributed by atoms with Gasteiger partial charge in [0.15, 0.2) is 11.5 Å². The largest absolute Gasteiger partial charge is 0.493 e. The van der Waals surface area contributed by atoms with E-state index in [1.807, 2.05) is 6.07 Å². The van der Waals surface area contributed by atoms with Gasteiger partial charge in [0.05, 0.1) is 26.8 Å². The summed E-state index contributed by atoms with van der Waals surface area (Å²) < 4.78 is 16.1. The van der Waals surface area contributed by atoms with Crippen LogP contribution < -0.4 is 19.7 Å². The lowest BCUT2D eigenvalue weighted by Gasteiger charge is -2.38. The zero-order chi connectivity index (χ0) is 20.8. The number of rotatable bonds is 8. The van der Waals surface area contributed by atoms with Crippen LogP contribution in [0, 0.1) is 0 Å². The highest BCUT2D eigenvalue weighted by Crippen LogP contribution is 2.35.